The third-order valence-corrected chi connectivity index (χ3v) is 7.51. The van der Waals surface area contributed by atoms with Gasteiger partial charge in [0, 0.05) is 56.2 Å². The van der Waals surface area contributed by atoms with Crippen LogP contribution in [-0.4, -0.2) is 57.1 Å². The number of nitrogens with one attached hydrogen (secondary N) is 1. The van der Waals surface area contributed by atoms with Gasteiger partial charge in [-0.05, 0) is 49.2 Å². The third kappa shape index (κ3) is 4.55. The van der Waals surface area contributed by atoms with Crippen LogP contribution in [0.4, 0.5) is 17.1 Å². The van der Waals surface area contributed by atoms with Crippen molar-refractivity contribution in [3.8, 4) is 0 Å². The van der Waals surface area contributed by atoms with Crippen LogP contribution >= 0.6 is 0 Å². The van der Waals surface area contributed by atoms with E-state index in [1.54, 1.807) is 6.92 Å². The monoisotopic (exact) mass is 442 g/mol. The van der Waals surface area contributed by atoms with Crippen LogP contribution in [-0.2, 0) is 14.8 Å². The second-order valence-electron chi connectivity index (χ2n) is 8.43. The largest absolute Gasteiger partial charge is 0.378 e. The average Bonchev–Trinajstić information content (AvgIpc) is 2.73. The van der Waals surface area contributed by atoms with Gasteiger partial charge in [0.2, 0.25) is 15.9 Å². The minimum Gasteiger partial charge on any atom is -0.378 e. The van der Waals surface area contributed by atoms with Gasteiger partial charge in [0.15, 0.2) is 0 Å². The number of carbonyl (C=O) groups is 1. The number of benzene rings is 2. The first-order valence-electron chi connectivity index (χ1n) is 10.7. The number of anilines is 3. The van der Waals surface area contributed by atoms with Crippen LogP contribution in [0.15, 0.2) is 48.5 Å². The summed E-state index contributed by atoms with van der Waals surface area (Å²) in [6.07, 6.45) is 2.11. The first kappa shape index (κ1) is 21.6. The number of piperazine rings is 1. The van der Waals surface area contributed by atoms with E-state index in [9.17, 15) is 13.2 Å². The zero-order valence-electron chi connectivity index (χ0n) is 18.3. The maximum Gasteiger partial charge on any atom is 0.224 e. The van der Waals surface area contributed by atoms with Crippen LogP contribution in [0, 0.1) is 0 Å². The Balaban J connectivity index is 1.46. The number of nitrogens with zero attached hydrogens (tertiary/aromatic N) is 3. The fourth-order valence-corrected chi connectivity index (χ4v) is 5.50. The van der Waals surface area contributed by atoms with Crippen LogP contribution in [0.3, 0.4) is 0 Å². The molecule has 0 saturated carbocycles. The van der Waals surface area contributed by atoms with Crippen molar-refractivity contribution >= 4 is 33.0 Å². The Kier molecular flexibility index (Phi) is 5.94. The standard InChI is InChI=1S/C23H30N4O3S/c1-17-16-22(21-6-4-5-7-23(21)27(17)18(2)28)24-19-8-10-20(11-9-19)25-12-14-26(15-13-25)31(3,29)30/h4-11,17,22,24H,12-16H2,1-3H3/t17-,22+/m0/s1. The van der Waals surface area contributed by atoms with Crippen LogP contribution in [0.2, 0.25) is 0 Å². The zero-order chi connectivity index (χ0) is 22.2. The summed E-state index contributed by atoms with van der Waals surface area (Å²) in [6, 6.07) is 16.7. The fraction of sp³-hybridized carbons (Fsp3) is 0.435. The van der Waals surface area contributed by atoms with E-state index in [2.05, 4.69) is 47.5 Å². The minimum atomic E-state index is -3.12. The molecule has 0 bridgehead atoms. The molecule has 0 aromatic heterocycles. The molecule has 1 saturated heterocycles. The summed E-state index contributed by atoms with van der Waals surface area (Å²) in [5.41, 5.74) is 4.24. The molecule has 2 aromatic rings. The molecule has 0 aliphatic carbocycles. The highest BCUT2D eigenvalue weighted by molar-refractivity contribution is 7.88. The highest BCUT2D eigenvalue weighted by atomic mass is 32.2. The van der Waals surface area contributed by atoms with Gasteiger partial charge < -0.3 is 15.1 Å². The van der Waals surface area contributed by atoms with E-state index < -0.39 is 10.0 Å². The zero-order valence-corrected chi connectivity index (χ0v) is 19.1. The number of hydrogen-bond donors (Lipinski definition) is 1. The molecule has 1 fully saturated rings. The maximum atomic E-state index is 12.2. The van der Waals surface area contributed by atoms with Gasteiger partial charge >= 0.3 is 0 Å². The quantitative estimate of drug-likeness (QED) is 0.788. The molecule has 2 atom stereocenters. The van der Waals surface area contributed by atoms with E-state index >= 15 is 0 Å². The average molecular weight is 443 g/mol. The van der Waals surface area contributed by atoms with Gasteiger partial charge in [-0.3, -0.25) is 4.79 Å². The summed E-state index contributed by atoms with van der Waals surface area (Å²) in [6.45, 7) is 6.12. The normalized spacial score (nSPS) is 22.2. The number of amides is 1. The molecule has 0 radical (unpaired) electrons. The van der Waals surface area contributed by atoms with E-state index in [0.29, 0.717) is 26.2 Å². The molecule has 4 rings (SSSR count). The van der Waals surface area contributed by atoms with Crippen molar-refractivity contribution in [2.45, 2.75) is 32.4 Å². The van der Waals surface area contributed by atoms with Gasteiger partial charge in [-0.15, -0.1) is 0 Å². The van der Waals surface area contributed by atoms with E-state index in [0.717, 1.165) is 29.0 Å². The lowest BCUT2D eigenvalue weighted by Gasteiger charge is -2.39. The van der Waals surface area contributed by atoms with E-state index in [-0.39, 0.29) is 18.0 Å². The van der Waals surface area contributed by atoms with Crippen LogP contribution in [0.25, 0.3) is 0 Å². The number of carbonyl (C=O) groups excluding carboxylic acids is 1. The summed E-state index contributed by atoms with van der Waals surface area (Å²) < 4.78 is 25.0. The second-order valence-corrected chi connectivity index (χ2v) is 10.4. The molecule has 166 valence electrons. The number of fused-ring (bicyclic) bond motifs is 1. The highest BCUT2D eigenvalue weighted by Crippen LogP contribution is 2.39. The molecule has 7 nitrogen and oxygen atoms in total. The van der Waals surface area contributed by atoms with Gasteiger partial charge in [0.25, 0.3) is 0 Å². The molecule has 31 heavy (non-hydrogen) atoms. The first-order chi connectivity index (χ1) is 14.7. The van der Waals surface area contributed by atoms with Gasteiger partial charge in [-0.1, -0.05) is 18.2 Å². The molecule has 8 heteroatoms. The Labute approximate surface area is 184 Å². The van der Waals surface area contributed by atoms with Crippen molar-refractivity contribution < 1.29 is 13.2 Å². The molecule has 2 aliphatic heterocycles. The van der Waals surface area contributed by atoms with E-state index in [4.69, 9.17) is 0 Å². The molecule has 1 amide bonds. The summed E-state index contributed by atoms with van der Waals surface area (Å²) >= 11 is 0. The van der Waals surface area contributed by atoms with Gasteiger partial charge in [0.05, 0.1) is 12.3 Å². The van der Waals surface area contributed by atoms with Gasteiger partial charge in [-0.25, -0.2) is 8.42 Å². The fourth-order valence-electron chi connectivity index (χ4n) is 4.68. The van der Waals surface area contributed by atoms with Crippen LogP contribution in [0.5, 0.6) is 0 Å². The highest BCUT2D eigenvalue weighted by Gasteiger charge is 2.32. The summed E-state index contributed by atoms with van der Waals surface area (Å²) in [5, 5.41) is 3.64. The molecular formula is C23H30N4O3S. The molecule has 0 unspecified atom stereocenters. The number of hydrogen-bond acceptors (Lipinski definition) is 5. The second kappa shape index (κ2) is 8.51. The molecule has 1 N–H and O–H groups in total. The number of rotatable bonds is 4. The molecule has 2 aliphatic rings. The third-order valence-electron chi connectivity index (χ3n) is 6.21. The predicted molar refractivity (Wildman–Crippen MR) is 125 cm³/mol. The van der Waals surface area contributed by atoms with Crippen molar-refractivity contribution in [3.05, 3.63) is 54.1 Å². The van der Waals surface area contributed by atoms with Crippen molar-refractivity contribution in [1.29, 1.82) is 0 Å². The molecule has 2 aromatic carbocycles. The molecular weight excluding hydrogens is 412 g/mol. The Morgan fingerprint density at radius 3 is 2.26 bits per heavy atom. The number of sulfonamides is 1. The van der Waals surface area contributed by atoms with Crippen molar-refractivity contribution in [2.24, 2.45) is 0 Å². The topological polar surface area (TPSA) is 73.0 Å². The predicted octanol–water partition coefficient (Wildman–Crippen LogP) is 3.07. The summed E-state index contributed by atoms with van der Waals surface area (Å²) in [7, 11) is -3.12. The smallest absolute Gasteiger partial charge is 0.224 e. The summed E-state index contributed by atoms with van der Waals surface area (Å²) in [5.74, 6) is 0.0683. The van der Waals surface area contributed by atoms with Crippen LogP contribution in [0.1, 0.15) is 31.9 Å². The summed E-state index contributed by atoms with van der Waals surface area (Å²) in [4.78, 5) is 16.3. The Bertz CT molecular complexity index is 1050. The Hall–Kier alpha value is -2.58. The minimum absolute atomic E-state index is 0.0683. The SMILES string of the molecule is CC(=O)N1c2ccccc2[C@H](Nc2ccc(N3CCN(S(C)(=O)=O)CC3)cc2)C[C@@H]1C. The Morgan fingerprint density at radius 1 is 1.00 bits per heavy atom. The number of para-hydroxylation sites is 1. The maximum absolute atomic E-state index is 12.2. The van der Waals surface area contributed by atoms with Crippen LogP contribution < -0.4 is 15.1 Å². The van der Waals surface area contributed by atoms with Gasteiger partial charge in [-0.2, -0.15) is 4.31 Å². The first-order valence-corrected chi connectivity index (χ1v) is 12.5. The lowest BCUT2D eigenvalue weighted by Crippen LogP contribution is -2.48. The molecule has 0 spiro atoms. The van der Waals surface area contributed by atoms with Gasteiger partial charge in [0.1, 0.15) is 0 Å². The van der Waals surface area contributed by atoms with E-state index in [1.165, 1.54) is 10.6 Å². The van der Waals surface area contributed by atoms with E-state index in [1.807, 2.05) is 23.1 Å². The molecule has 2 heterocycles. The van der Waals surface area contributed by atoms with Crippen molar-refractivity contribution in [2.75, 3.05) is 47.6 Å². The van der Waals surface area contributed by atoms with Crippen molar-refractivity contribution in [3.63, 3.8) is 0 Å². The van der Waals surface area contributed by atoms with Crippen molar-refractivity contribution in [1.82, 2.24) is 4.31 Å². The lowest BCUT2D eigenvalue weighted by atomic mass is 9.91. The lowest BCUT2D eigenvalue weighted by molar-refractivity contribution is -0.117. The Morgan fingerprint density at radius 2 is 1.65 bits per heavy atom.